The molecule has 0 bridgehead atoms. The van der Waals surface area contributed by atoms with E-state index < -0.39 is 11.6 Å². The Hall–Kier alpha value is -1.26. The van der Waals surface area contributed by atoms with E-state index in [4.69, 9.17) is 0 Å². The quantitative estimate of drug-likeness (QED) is 0.814. The van der Waals surface area contributed by atoms with E-state index in [0.29, 0.717) is 0 Å². The van der Waals surface area contributed by atoms with Crippen molar-refractivity contribution < 1.29 is 8.78 Å². The van der Waals surface area contributed by atoms with E-state index in [0.717, 1.165) is 17.3 Å². The molecule has 1 aliphatic carbocycles. The highest BCUT2D eigenvalue weighted by molar-refractivity contribution is 9.10. The van der Waals surface area contributed by atoms with Crippen LogP contribution < -0.4 is 5.32 Å². The van der Waals surface area contributed by atoms with Crippen molar-refractivity contribution in [2.45, 2.75) is 31.8 Å². The number of aryl methyl sites for hydroxylation is 1. The second kappa shape index (κ2) is 5.85. The summed E-state index contributed by atoms with van der Waals surface area (Å²) in [7, 11) is 0. The van der Waals surface area contributed by atoms with Crippen molar-refractivity contribution in [3.05, 3.63) is 69.2 Å². The number of benzene rings is 2. The first-order valence-corrected chi connectivity index (χ1v) is 7.84. The molecular weight excluding hydrogens is 336 g/mol. The molecular formula is C17H16BrF2N. The van der Waals surface area contributed by atoms with Gasteiger partial charge in [0.2, 0.25) is 0 Å². The number of hydrogen-bond acceptors (Lipinski definition) is 1. The van der Waals surface area contributed by atoms with Gasteiger partial charge in [0.15, 0.2) is 0 Å². The molecule has 0 radical (unpaired) electrons. The average molecular weight is 352 g/mol. The fourth-order valence-corrected chi connectivity index (χ4v) is 3.48. The van der Waals surface area contributed by atoms with Crippen LogP contribution in [0.25, 0.3) is 0 Å². The molecule has 1 N–H and O–H groups in total. The van der Waals surface area contributed by atoms with Crippen molar-refractivity contribution in [2.75, 3.05) is 0 Å². The predicted octanol–water partition coefficient (Wildman–Crippen LogP) is 5.07. The molecule has 0 saturated heterocycles. The Kier molecular flexibility index (Phi) is 4.09. The number of rotatable bonds is 3. The SMILES string of the molecule is CC(NC1CCc2cc(Br)ccc21)c1c(F)cccc1F. The van der Waals surface area contributed by atoms with Crippen molar-refractivity contribution in [3.63, 3.8) is 0 Å². The Morgan fingerprint density at radius 2 is 1.90 bits per heavy atom. The first-order chi connectivity index (χ1) is 10.1. The fraction of sp³-hybridized carbons (Fsp3) is 0.294. The molecule has 2 aromatic rings. The van der Waals surface area contributed by atoms with Gasteiger partial charge in [-0.25, -0.2) is 8.78 Å². The van der Waals surface area contributed by atoms with Crippen LogP contribution >= 0.6 is 15.9 Å². The zero-order chi connectivity index (χ0) is 15.0. The summed E-state index contributed by atoms with van der Waals surface area (Å²) in [5.74, 6) is -0.993. The maximum Gasteiger partial charge on any atom is 0.130 e. The molecule has 0 spiro atoms. The molecule has 1 nitrogen and oxygen atoms in total. The molecule has 2 atom stereocenters. The molecule has 2 aromatic carbocycles. The lowest BCUT2D eigenvalue weighted by Gasteiger charge is -2.21. The van der Waals surface area contributed by atoms with Gasteiger partial charge in [0, 0.05) is 22.1 Å². The highest BCUT2D eigenvalue weighted by Gasteiger charge is 2.25. The molecule has 1 aliphatic rings. The highest BCUT2D eigenvalue weighted by Crippen LogP contribution is 2.35. The molecule has 2 unspecified atom stereocenters. The van der Waals surface area contributed by atoms with Crippen molar-refractivity contribution >= 4 is 15.9 Å². The van der Waals surface area contributed by atoms with Gasteiger partial charge in [-0.15, -0.1) is 0 Å². The third kappa shape index (κ3) is 2.87. The minimum absolute atomic E-state index is 0.114. The molecule has 0 aliphatic heterocycles. The van der Waals surface area contributed by atoms with Gasteiger partial charge in [-0.2, -0.15) is 0 Å². The minimum Gasteiger partial charge on any atom is -0.303 e. The Balaban J connectivity index is 1.83. The van der Waals surface area contributed by atoms with Gasteiger partial charge in [-0.3, -0.25) is 0 Å². The summed E-state index contributed by atoms with van der Waals surface area (Å²) in [6.45, 7) is 1.80. The smallest absolute Gasteiger partial charge is 0.130 e. The van der Waals surface area contributed by atoms with E-state index in [-0.39, 0.29) is 17.6 Å². The van der Waals surface area contributed by atoms with Gasteiger partial charge in [-0.05, 0) is 55.2 Å². The van der Waals surface area contributed by atoms with Crippen molar-refractivity contribution in [3.8, 4) is 0 Å². The Labute approximate surface area is 131 Å². The van der Waals surface area contributed by atoms with E-state index in [2.05, 4.69) is 33.4 Å². The van der Waals surface area contributed by atoms with Crippen LogP contribution in [0.4, 0.5) is 8.78 Å². The summed E-state index contributed by atoms with van der Waals surface area (Å²) in [6.07, 6.45) is 1.94. The first-order valence-electron chi connectivity index (χ1n) is 7.04. The summed E-state index contributed by atoms with van der Waals surface area (Å²) >= 11 is 3.47. The van der Waals surface area contributed by atoms with E-state index in [1.807, 2.05) is 6.07 Å². The maximum absolute atomic E-state index is 13.8. The predicted molar refractivity (Wildman–Crippen MR) is 83.1 cm³/mol. The van der Waals surface area contributed by atoms with Crippen LogP contribution in [-0.4, -0.2) is 0 Å². The number of nitrogens with one attached hydrogen (secondary N) is 1. The van der Waals surface area contributed by atoms with Crippen LogP contribution in [0.15, 0.2) is 40.9 Å². The number of fused-ring (bicyclic) bond motifs is 1. The van der Waals surface area contributed by atoms with Gasteiger partial charge in [0.1, 0.15) is 11.6 Å². The van der Waals surface area contributed by atoms with Crippen molar-refractivity contribution in [1.82, 2.24) is 5.32 Å². The van der Waals surface area contributed by atoms with Crippen LogP contribution in [0.5, 0.6) is 0 Å². The zero-order valence-electron chi connectivity index (χ0n) is 11.7. The van der Waals surface area contributed by atoms with Crippen LogP contribution in [0.2, 0.25) is 0 Å². The third-order valence-electron chi connectivity index (χ3n) is 4.07. The Morgan fingerprint density at radius 3 is 2.62 bits per heavy atom. The zero-order valence-corrected chi connectivity index (χ0v) is 13.3. The number of hydrogen-bond donors (Lipinski definition) is 1. The van der Waals surface area contributed by atoms with E-state index in [1.54, 1.807) is 6.92 Å². The Bertz CT molecular complexity index is 652. The van der Waals surface area contributed by atoms with Crippen molar-refractivity contribution in [1.29, 1.82) is 0 Å². The van der Waals surface area contributed by atoms with Crippen molar-refractivity contribution in [2.24, 2.45) is 0 Å². The lowest BCUT2D eigenvalue weighted by molar-refractivity contribution is 0.431. The molecule has 0 amide bonds. The van der Waals surface area contributed by atoms with Gasteiger partial charge in [0.05, 0.1) is 0 Å². The summed E-state index contributed by atoms with van der Waals surface area (Å²) in [4.78, 5) is 0. The van der Waals surface area contributed by atoms with E-state index in [9.17, 15) is 8.78 Å². The molecule has 110 valence electrons. The van der Waals surface area contributed by atoms with Crippen LogP contribution in [0.3, 0.4) is 0 Å². The summed E-state index contributed by atoms with van der Waals surface area (Å²) in [5, 5.41) is 3.36. The molecule has 3 rings (SSSR count). The third-order valence-corrected chi connectivity index (χ3v) is 4.56. The summed E-state index contributed by atoms with van der Waals surface area (Å²) < 4.78 is 28.7. The first kappa shape index (κ1) is 14.7. The normalized spacial score (nSPS) is 18.6. The minimum atomic E-state index is -0.496. The van der Waals surface area contributed by atoms with Gasteiger partial charge in [-0.1, -0.05) is 28.1 Å². The lowest BCUT2D eigenvalue weighted by atomic mass is 10.0. The monoisotopic (exact) mass is 351 g/mol. The lowest BCUT2D eigenvalue weighted by Crippen LogP contribution is -2.24. The van der Waals surface area contributed by atoms with Gasteiger partial charge in [0.25, 0.3) is 0 Å². The topological polar surface area (TPSA) is 12.0 Å². The van der Waals surface area contributed by atoms with Gasteiger partial charge < -0.3 is 5.32 Å². The van der Waals surface area contributed by atoms with Crippen LogP contribution in [0, 0.1) is 11.6 Å². The standard InChI is InChI=1S/C17H16BrF2N/c1-10(17-14(19)3-2-4-15(17)20)21-16-8-5-11-9-12(18)6-7-13(11)16/h2-4,6-7,9-10,16,21H,5,8H2,1H3. The molecule has 4 heteroatoms. The number of halogens is 3. The average Bonchev–Trinajstić information content (AvgIpc) is 2.80. The second-order valence-electron chi connectivity index (χ2n) is 5.46. The molecule has 0 saturated carbocycles. The Morgan fingerprint density at radius 1 is 1.19 bits per heavy atom. The highest BCUT2D eigenvalue weighted by atomic mass is 79.9. The largest absolute Gasteiger partial charge is 0.303 e. The van der Waals surface area contributed by atoms with E-state index >= 15 is 0 Å². The summed E-state index contributed by atoms with van der Waals surface area (Å²) in [6, 6.07) is 9.97. The van der Waals surface area contributed by atoms with Gasteiger partial charge >= 0.3 is 0 Å². The molecule has 0 heterocycles. The van der Waals surface area contributed by atoms with Crippen LogP contribution in [0.1, 0.15) is 42.1 Å². The van der Waals surface area contributed by atoms with E-state index in [1.165, 1.54) is 29.3 Å². The molecule has 21 heavy (non-hydrogen) atoms. The molecule has 0 fully saturated rings. The second-order valence-corrected chi connectivity index (χ2v) is 6.37. The fourth-order valence-electron chi connectivity index (χ4n) is 3.07. The molecule has 0 aromatic heterocycles. The maximum atomic E-state index is 13.8. The summed E-state index contributed by atoms with van der Waals surface area (Å²) in [5.41, 5.74) is 2.63. The van der Waals surface area contributed by atoms with Crippen LogP contribution in [-0.2, 0) is 6.42 Å².